The Kier molecular flexibility index (Phi) is 4.96. The van der Waals surface area contributed by atoms with Crippen molar-refractivity contribution < 1.29 is 17.8 Å². The van der Waals surface area contributed by atoms with E-state index in [2.05, 4.69) is 16.6 Å². The van der Waals surface area contributed by atoms with Gasteiger partial charge in [0.15, 0.2) is 5.58 Å². The van der Waals surface area contributed by atoms with Crippen molar-refractivity contribution in [3.8, 4) is 11.5 Å². The van der Waals surface area contributed by atoms with Gasteiger partial charge in [-0.15, -0.1) is 0 Å². The number of hydrogen-bond donors (Lipinski definition) is 1. The first-order chi connectivity index (χ1) is 14.4. The lowest BCUT2D eigenvalue weighted by Crippen LogP contribution is -2.12. The average Bonchev–Trinajstić information content (AvgIpc) is 3.17. The molecule has 1 aromatic heterocycles. The molecule has 3 aromatic carbocycles. The lowest BCUT2D eigenvalue weighted by molar-refractivity contribution is -0.384. The molecule has 4 rings (SSSR count). The van der Waals surface area contributed by atoms with Crippen molar-refractivity contribution >= 4 is 32.5 Å². The molecule has 30 heavy (non-hydrogen) atoms. The number of nitrogens with one attached hydrogen (secondary N) is 1. The molecule has 1 heterocycles. The summed E-state index contributed by atoms with van der Waals surface area (Å²) in [6.45, 7) is 2.08. The highest BCUT2D eigenvalue weighted by atomic mass is 32.2. The third kappa shape index (κ3) is 3.87. The summed E-state index contributed by atoms with van der Waals surface area (Å²) in [5.41, 5.74) is 3.20. The van der Waals surface area contributed by atoms with Crippen LogP contribution in [0.15, 0.2) is 76.0 Å². The summed E-state index contributed by atoms with van der Waals surface area (Å²) in [4.78, 5) is 14.5. The van der Waals surface area contributed by atoms with Gasteiger partial charge in [0.25, 0.3) is 15.7 Å². The van der Waals surface area contributed by atoms with E-state index >= 15 is 0 Å². The van der Waals surface area contributed by atoms with E-state index in [0.717, 1.165) is 24.1 Å². The fraction of sp³-hybridized carbons (Fsp3) is 0.0952. The third-order valence-electron chi connectivity index (χ3n) is 4.61. The molecule has 4 aromatic rings. The van der Waals surface area contributed by atoms with Gasteiger partial charge in [0, 0.05) is 17.7 Å². The number of nitrogens with zero attached hydrogens (tertiary/aromatic N) is 2. The van der Waals surface area contributed by atoms with Crippen LogP contribution >= 0.6 is 0 Å². The third-order valence-corrected chi connectivity index (χ3v) is 6.00. The first kappa shape index (κ1) is 19.6. The van der Waals surface area contributed by atoms with E-state index in [9.17, 15) is 18.5 Å². The summed E-state index contributed by atoms with van der Waals surface area (Å²) in [6, 6.07) is 17.3. The summed E-state index contributed by atoms with van der Waals surface area (Å²) in [6.07, 6.45) is 0.937. The predicted octanol–water partition coefficient (Wildman–Crippen LogP) is 4.77. The van der Waals surface area contributed by atoms with Crippen molar-refractivity contribution in [1.82, 2.24) is 4.98 Å². The highest BCUT2D eigenvalue weighted by molar-refractivity contribution is 7.92. The van der Waals surface area contributed by atoms with E-state index in [1.165, 1.54) is 17.7 Å². The molecule has 0 radical (unpaired) electrons. The standard InChI is InChI=1S/C21H17N3O5S/c1-2-14-3-5-15(6-4-14)21-22-19-13-16(7-12-20(19)29-21)23-30(27,28)18-10-8-17(9-11-18)24(25)26/h3-13,23H,2H2,1H3. The monoisotopic (exact) mass is 423 g/mol. The Morgan fingerprint density at radius 3 is 2.37 bits per heavy atom. The second-order valence-electron chi connectivity index (χ2n) is 6.61. The molecule has 0 bridgehead atoms. The minimum atomic E-state index is -3.91. The largest absolute Gasteiger partial charge is 0.436 e. The number of benzene rings is 3. The van der Waals surface area contributed by atoms with Gasteiger partial charge >= 0.3 is 0 Å². The van der Waals surface area contributed by atoms with Gasteiger partial charge in [0.1, 0.15) is 5.52 Å². The number of fused-ring (bicyclic) bond motifs is 1. The maximum atomic E-state index is 12.6. The Labute approximate surface area is 172 Å². The minimum absolute atomic E-state index is 0.0787. The van der Waals surface area contributed by atoms with E-state index in [0.29, 0.717) is 22.7 Å². The summed E-state index contributed by atoms with van der Waals surface area (Å²) >= 11 is 0. The molecule has 0 saturated heterocycles. The van der Waals surface area contributed by atoms with Crippen LogP contribution in [0, 0.1) is 10.1 Å². The fourth-order valence-corrected chi connectivity index (χ4v) is 4.01. The Balaban J connectivity index is 1.60. The molecule has 0 aliphatic carbocycles. The zero-order valence-corrected chi connectivity index (χ0v) is 16.7. The number of nitro groups is 1. The second-order valence-corrected chi connectivity index (χ2v) is 8.29. The Morgan fingerprint density at radius 1 is 1.03 bits per heavy atom. The van der Waals surface area contributed by atoms with Gasteiger partial charge in [0.2, 0.25) is 5.89 Å². The second kappa shape index (κ2) is 7.60. The lowest BCUT2D eigenvalue weighted by atomic mass is 10.1. The quantitative estimate of drug-likeness (QED) is 0.353. The van der Waals surface area contributed by atoms with Gasteiger partial charge in [-0.05, 0) is 54.4 Å². The number of aromatic nitrogens is 1. The highest BCUT2D eigenvalue weighted by Gasteiger charge is 2.17. The summed E-state index contributed by atoms with van der Waals surface area (Å²) in [5.74, 6) is 0.447. The molecular formula is C21H17N3O5S. The number of nitro benzene ring substituents is 1. The van der Waals surface area contributed by atoms with E-state index in [1.54, 1.807) is 18.2 Å². The van der Waals surface area contributed by atoms with Crippen LogP contribution in [0.1, 0.15) is 12.5 Å². The summed E-state index contributed by atoms with van der Waals surface area (Å²) in [5, 5.41) is 10.7. The van der Waals surface area contributed by atoms with Gasteiger partial charge < -0.3 is 4.42 Å². The maximum Gasteiger partial charge on any atom is 0.269 e. The Morgan fingerprint density at radius 2 is 1.73 bits per heavy atom. The number of anilines is 1. The van der Waals surface area contributed by atoms with Gasteiger partial charge in [-0.2, -0.15) is 0 Å². The average molecular weight is 423 g/mol. The number of aryl methyl sites for hydroxylation is 1. The number of rotatable bonds is 6. The van der Waals surface area contributed by atoms with Gasteiger partial charge in [-0.3, -0.25) is 14.8 Å². The smallest absolute Gasteiger partial charge is 0.269 e. The molecule has 1 N–H and O–H groups in total. The van der Waals surface area contributed by atoms with Crippen LogP contribution in [-0.2, 0) is 16.4 Å². The van der Waals surface area contributed by atoms with E-state index in [1.807, 2.05) is 24.3 Å². The Bertz CT molecular complexity index is 1330. The van der Waals surface area contributed by atoms with Crippen LogP contribution in [0.2, 0.25) is 0 Å². The molecule has 0 unspecified atom stereocenters. The van der Waals surface area contributed by atoms with E-state index in [4.69, 9.17) is 4.42 Å². The van der Waals surface area contributed by atoms with Gasteiger partial charge in [0.05, 0.1) is 15.5 Å². The van der Waals surface area contributed by atoms with Crippen molar-refractivity contribution in [2.75, 3.05) is 4.72 Å². The number of hydrogen-bond acceptors (Lipinski definition) is 6. The maximum absolute atomic E-state index is 12.6. The first-order valence-corrected chi connectivity index (χ1v) is 10.6. The van der Waals surface area contributed by atoms with Crippen molar-refractivity contribution in [3.63, 3.8) is 0 Å². The molecule has 8 nitrogen and oxygen atoms in total. The molecule has 152 valence electrons. The predicted molar refractivity (Wildman–Crippen MR) is 113 cm³/mol. The number of non-ortho nitro benzene ring substituents is 1. The van der Waals surface area contributed by atoms with Crippen LogP contribution in [0.4, 0.5) is 11.4 Å². The SMILES string of the molecule is CCc1ccc(-c2nc3cc(NS(=O)(=O)c4ccc([N+](=O)[O-])cc4)ccc3o2)cc1. The zero-order valence-electron chi connectivity index (χ0n) is 15.9. The molecule has 0 spiro atoms. The van der Waals surface area contributed by atoms with Crippen molar-refractivity contribution in [2.24, 2.45) is 0 Å². The van der Waals surface area contributed by atoms with Gasteiger partial charge in [-0.1, -0.05) is 19.1 Å². The van der Waals surface area contributed by atoms with Crippen LogP contribution in [0.3, 0.4) is 0 Å². The fourth-order valence-electron chi connectivity index (χ4n) is 2.96. The molecule has 0 aliphatic rings. The summed E-state index contributed by atoms with van der Waals surface area (Å²) in [7, 11) is -3.91. The number of sulfonamides is 1. The van der Waals surface area contributed by atoms with E-state index < -0.39 is 14.9 Å². The van der Waals surface area contributed by atoms with Crippen molar-refractivity contribution in [3.05, 3.63) is 82.4 Å². The molecule has 0 fully saturated rings. The molecule has 0 atom stereocenters. The van der Waals surface area contributed by atoms with Crippen molar-refractivity contribution in [2.45, 2.75) is 18.2 Å². The molecule has 0 saturated carbocycles. The van der Waals surface area contributed by atoms with Crippen LogP contribution < -0.4 is 4.72 Å². The van der Waals surface area contributed by atoms with Crippen LogP contribution in [0.25, 0.3) is 22.6 Å². The molecular weight excluding hydrogens is 406 g/mol. The molecule has 9 heteroatoms. The highest BCUT2D eigenvalue weighted by Crippen LogP contribution is 2.27. The summed E-state index contributed by atoms with van der Waals surface area (Å²) < 4.78 is 33.4. The lowest BCUT2D eigenvalue weighted by Gasteiger charge is -2.07. The van der Waals surface area contributed by atoms with Gasteiger partial charge in [-0.25, -0.2) is 13.4 Å². The number of oxazole rings is 1. The van der Waals surface area contributed by atoms with Crippen molar-refractivity contribution in [1.29, 1.82) is 0 Å². The normalized spacial score (nSPS) is 11.5. The van der Waals surface area contributed by atoms with Crippen LogP contribution in [-0.4, -0.2) is 18.3 Å². The molecule has 0 amide bonds. The minimum Gasteiger partial charge on any atom is -0.436 e. The van der Waals surface area contributed by atoms with E-state index in [-0.39, 0.29) is 10.6 Å². The first-order valence-electron chi connectivity index (χ1n) is 9.13. The van der Waals surface area contributed by atoms with Crippen LogP contribution in [0.5, 0.6) is 0 Å². The zero-order chi connectivity index (χ0) is 21.3. The molecule has 0 aliphatic heterocycles. The Hall–Kier alpha value is -3.72. The topological polar surface area (TPSA) is 115 Å².